The summed E-state index contributed by atoms with van der Waals surface area (Å²) < 4.78 is 9.93. The van der Waals surface area contributed by atoms with Gasteiger partial charge in [-0.25, -0.2) is 9.59 Å². The van der Waals surface area contributed by atoms with Crippen molar-refractivity contribution in [3.63, 3.8) is 0 Å². The van der Waals surface area contributed by atoms with Gasteiger partial charge in [0.2, 0.25) is 0 Å². The zero-order valence-corrected chi connectivity index (χ0v) is 14.8. The predicted molar refractivity (Wildman–Crippen MR) is 92.4 cm³/mol. The number of esters is 1. The van der Waals surface area contributed by atoms with Crippen molar-refractivity contribution < 1.29 is 19.1 Å². The lowest BCUT2D eigenvalue weighted by Crippen LogP contribution is -2.27. The first kappa shape index (κ1) is 21.5. The minimum atomic E-state index is -0.459. The monoisotopic (exact) mass is 327 g/mol. The number of rotatable bonds is 14. The number of alkyl carbamates (subject to hydrolysis) is 1. The van der Waals surface area contributed by atoms with Crippen LogP contribution in [0.15, 0.2) is 12.2 Å². The van der Waals surface area contributed by atoms with Gasteiger partial charge in [0, 0.05) is 12.1 Å². The van der Waals surface area contributed by atoms with Gasteiger partial charge in [-0.3, -0.25) is 0 Å². The maximum atomic E-state index is 11.5. The molecule has 1 N–H and O–H groups in total. The van der Waals surface area contributed by atoms with Crippen molar-refractivity contribution >= 4 is 12.1 Å². The van der Waals surface area contributed by atoms with Gasteiger partial charge in [0.05, 0.1) is 0 Å². The number of ether oxygens (including phenoxy) is 2. The molecule has 0 bridgehead atoms. The summed E-state index contributed by atoms with van der Waals surface area (Å²) in [6.45, 7) is 8.68. The van der Waals surface area contributed by atoms with Crippen molar-refractivity contribution in [3.8, 4) is 0 Å². The molecule has 134 valence electrons. The minimum absolute atomic E-state index is 0.0639. The van der Waals surface area contributed by atoms with Gasteiger partial charge in [-0.05, 0) is 19.3 Å². The number of carbonyl (C=O) groups excluding carboxylic acids is 2. The Morgan fingerprint density at radius 3 is 2.17 bits per heavy atom. The first-order valence-electron chi connectivity index (χ1n) is 8.87. The molecule has 0 spiro atoms. The smallest absolute Gasteiger partial charge is 0.407 e. The van der Waals surface area contributed by atoms with Crippen molar-refractivity contribution in [1.82, 2.24) is 5.32 Å². The third kappa shape index (κ3) is 13.8. The Morgan fingerprint density at radius 2 is 1.48 bits per heavy atom. The van der Waals surface area contributed by atoms with Crippen molar-refractivity contribution in [1.29, 1.82) is 0 Å². The van der Waals surface area contributed by atoms with Crippen LogP contribution >= 0.6 is 0 Å². The molecule has 0 aromatic rings. The molecule has 0 aromatic carbocycles. The lowest BCUT2D eigenvalue weighted by atomic mass is 10.1. The highest BCUT2D eigenvalue weighted by Gasteiger charge is 2.08. The Labute approximate surface area is 140 Å². The fourth-order valence-electron chi connectivity index (χ4n) is 2.01. The van der Waals surface area contributed by atoms with Crippen LogP contribution in [0, 0.1) is 0 Å². The molecular weight excluding hydrogens is 294 g/mol. The summed E-state index contributed by atoms with van der Waals surface area (Å²) in [6, 6.07) is 0. The average Bonchev–Trinajstić information content (AvgIpc) is 2.55. The van der Waals surface area contributed by atoms with E-state index in [-0.39, 0.29) is 13.2 Å². The Hall–Kier alpha value is -1.52. The summed E-state index contributed by atoms with van der Waals surface area (Å²) in [6.07, 6.45) is 9.19. The van der Waals surface area contributed by atoms with Gasteiger partial charge in [0.15, 0.2) is 0 Å². The number of hydrogen-bond acceptors (Lipinski definition) is 4. The van der Waals surface area contributed by atoms with E-state index in [1.807, 2.05) is 0 Å². The molecule has 0 atom stereocenters. The van der Waals surface area contributed by atoms with Crippen molar-refractivity contribution in [2.24, 2.45) is 0 Å². The second-order valence-electron chi connectivity index (χ2n) is 5.67. The molecule has 0 aliphatic heterocycles. The third-order valence-electron chi connectivity index (χ3n) is 3.47. The average molecular weight is 327 g/mol. The summed E-state index contributed by atoms with van der Waals surface area (Å²) in [7, 11) is 0. The van der Waals surface area contributed by atoms with Crippen molar-refractivity contribution in [3.05, 3.63) is 12.2 Å². The molecule has 1 amide bonds. The summed E-state index contributed by atoms with van der Waals surface area (Å²) in [5, 5.41) is 2.69. The normalized spacial score (nSPS) is 10.2. The van der Waals surface area contributed by atoms with Gasteiger partial charge in [-0.15, -0.1) is 0 Å². The molecule has 5 nitrogen and oxygen atoms in total. The lowest BCUT2D eigenvalue weighted by molar-refractivity contribution is -0.140. The number of amides is 1. The molecule has 0 aliphatic rings. The maximum absolute atomic E-state index is 11.5. The fraction of sp³-hybridized carbons (Fsp3) is 0.778. The van der Waals surface area contributed by atoms with E-state index in [2.05, 4.69) is 25.7 Å². The van der Waals surface area contributed by atoms with E-state index in [9.17, 15) is 9.59 Å². The fourth-order valence-corrected chi connectivity index (χ4v) is 2.01. The van der Waals surface area contributed by atoms with Crippen molar-refractivity contribution in [2.75, 3.05) is 19.8 Å². The molecule has 0 saturated carbocycles. The molecule has 23 heavy (non-hydrogen) atoms. The Bertz CT molecular complexity index is 342. The summed E-state index contributed by atoms with van der Waals surface area (Å²) in [4.78, 5) is 22.9. The number of unbranched alkanes of at least 4 members (excludes halogenated alkanes) is 6. The van der Waals surface area contributed by atoms with Gasteiger partial charge in [-0.1, -0.05) is 59.0 Å². The number of hydrogen-bond donors (Lipinski definition) is 1. The quantitative estimate of drug-likeness (QED) is 0.292. The molecule has 0 heterocycles. The number of carbonyl (C=O) groups is 2. The lowest BCUT2D eigenvalue weighted by Gasteiger charge is -2.08. The molecule has 0 aromatic heterocycles. The Morgan fingerprint density at radius 1 is 0.870 bits per heavy atom. The van der Waals surface area contributed by atoms with E-state index in [1.165, 1.54) is 25.7 Å². The van der Waals surface area contributed by atoms with E-state index in [1.54, 1.807) is 0 Å². The molecule has 0 aliphatic carbocycles. The highest BCUT2D eigenvalue weighted by Crippen LogP contribution is 2.06. The van der Waals surface area contributed by atoms with Crippen LogP contribution in [-0.4, -0.2) is 31.8 Å². The van der Waals surface area contributed by atoms with E-state index >= 15 is 0 Å². The van der Waals surface area contributed by atoms with Crippen LogP contribution in [0.1, 0.15) is 71.6 Å². The van der Waals surface area contributed by atoms with Gasteiger partial charge < -0.3 is 14.8 Å². The first-order chi connectivity index (χ1) is 11.1. The molecule has 0 fully saturated rings. The van der Waals surface area contributed by atoms with Crippen LogP contribution in [0.2, 0.25) is 0 Å². The van der Waals surface area contributed by atoms with E-state index in [0.29, 0.717) is 18.5 Å². The molecular formula is C18H33NO4. The standard InChI is InChI=1S/C18H33NO4/c1-4-6-8-9-10-11-13-19-18(21)23-15-14-22-17(20)16(3)12-7-5-2/h3-15H2,1-2H3,(H,19,21). The Balaban J connectivity index is 3.46. The SMILES string of the molecule is C=C(CCCC)C(=O)OCCOC(=O)NCCCCCCCC. The highest BCUT2D eigenvalue weighted by atomic mass is 16.6. The number of nitrogens with one attached hydrogen (secondary N) is 1. The molecule has 0 saturated heterocycles. The molecule has 0 unspecified atom stereocenters. The highest BCUT2D eigenvalue weighted by molar-refractivity contribution is 5.87. The molecule has 0 rings (SSSR count). The largest absolute Gasteiger partial charge is 0.459 e. The Kier molecular flexibility index (Phi) is 14.4. The van der Waals surface area contributed by atoms with Crippen LogP contribution in [0.4, 0.5) is 4.79 Å². The van der Waals surface area contributed by atoms with Crippen LogP contribution in [0.3, 0.4) is 0 Å². The van der Waals surface area contributed by atoms with Crippen LogP contribution in [0.25, 0.3) is 0 Å². The third-order valence-corrected chi connectivity index (χ3v) is 3.47. The maximum Gasteiger partial charge on any atom is 0.407 e. The van der Waals surface area contributed by atoms with Gasteiger partial charge in [0.25, 0.3) is 0 Å². The molecule has 0 radical (unpaired) electrons. The van der Waals surface area contributed by atoms with E-state index in [4.69, 9.17) is 9.47 Å². The topological polar surface area (TPSA) is 64.6 Å². The molecule has 5 heteroatoms. The minimum Gasteiger partial charge on any atom is -0.459 e. The van der Waals surface area contributed by atoms with Crippen LogP contribution < -0.4 is 5.32 Å². The summed E-state index contributed by atoms with van der Waals surface area (Å²) in [5.74, 6) is -0.408. The second kappa shape index (κ2) is 15.4. The predicted octanol–water partition coefficient (Wildman–Crippen LogP) is 4.36. The van der Waals surface area contributed by atoms with Crippen LogP contribution in [0.5, 0.6) is 0 Å². The van der Waals surface area contributed by atoms with Gasteiger partial charge in [-0.2, -0.15) is 0 Å². The van der Waals surface area contributed by atoms with Gasteiger partial charge in [0.1, 0.15) is 13.2 Å². The first-order valence-corrected chi connectivity index (χ1v) is 8.87. The van der Waals surface area contributed by atoms with Crippen LogP contribution in [-0.2, 0) is 14.3 Å². The zero-order chi connectivity index (χ0) is 17.3. The summed E-state index contributed by atoms with van der Waals surface area (Å²) >= 11 is 0. The van der Waals surface area contributed by atoms with E-state index in [0.717, 1.165) is 25.7 Å². The zero-order valence-electron chi connectivity index (χ0n) is 14.8. The second-order valence-corrected chi connectivity index (χ2v) is 5.67. The van der Waals surface area contributed by atoms with Crippen molar-refractivity contribution in [2.45, 2.75) is 71.6 Å². The summed E-state index contributed by atoms with van der Waals surface area (Å²) in [5.41, 5.74) is 0.472. The van der Waals surface area contributed by atoms with E-state index < -0.39 is 12.1 Å². The van der Waals surface area contributed by atoms with Gasteiger partial charge >= 0.3 is 12.1 Å².